The normalized spacial score (nSPS) is 27.1. The Morgan fingerprint density at radius 2 is 2.11 bits per heavy atom. The summed E-state index contributed by atoms with van der Waals surface area (Å²) >= 11 is 0. The molecule has 3 heterocycles. The molecule has 0 spiro atoms. The van der Waals surface area contributed by atoms with Gasteiger partial charge >= 0.3 is 5.69 Å². The minimum atomic E-state index is -0.488. The fourth-order valence-electron chi connectivity index (χ4n) is 2.91. The Hall–Kier alpha value is -1.76. The summed E-state index contributed by atoms with van der Waals surface area (Å²) in [5.74, 6) is 0.486. The van der Waals surface area contributed by atoms with Gasteiger partial charge in [-0.25, -0.2) is 9.97 Å². The number of aromatic nitrogens is 2. The lowest BCUT2D eigenvalue weighted by Crippen LogP contribution is -2.34. The molecule has 2 aliphatic rings. The highest BCUT2D eigenvalue weighted by atomic mass is 16.6. The fraction of sp³-hybridized carbons (Fsp3) is 0.636. The molecule has 2 saturated heterocycles. The third kappa shape index (κ3) is 2.01. The van der Waals surface area contributed by atoms with E-state index in [0.717, 1.165) is 13.0 Å². The summed E-state index contributed by atoms with van der Waals surface area (Å²) in [5.41, 5.74) is -0.0746. The molecule has 3 rings (SSSR count). The Morgan fingerprint density at radius 3 is 2.83 bits per heavy atom. The van der Waals surface area contributed by atoms with Crippen molar-refractivity contribution in [3.05, 3.63) is 22.5 Å². The predicted octanol–water partition coefficient (Wildman–Crippen LogP) is 1.03. The van der Waals surface area contributed by atoms with Crippen LogP contribution in [0.2, 0.25) is 0 Å². The maximum absolute atomic E-state index is 10.5. The quantitative estimate of drug-likeness (QED) is 0.636. The monoisotopic (exact) mass is 249 g/mol. The molecule has 1 aromatic heterocycles. The number of nitrogens with zero attached hydrogens (tertiary/aromatic N) is 4. The molecule has 0 bridgehead atoms. The molecule has 96 valence electrons. The molecule has 0 aliphatic carbocycles. The molecule has 7 heteroatoms. The first-order chi connectivity index (χ1) is 8.74. The van der Waals surface area contributed by atoms with Gasteiger partial charge in [0, 0.05) is 18.6 Å². The first kappa shape index (κ1) is 11.3. The van der Waals surface area contributed by atoms with E-state index < -0.39 is 4.92 Å². The molecule has 1 aromatic rings. The molecule has 0 amide bonds. The number of fused-ring (bicyclic) bond motifs is 1. The summed E-state index contributed by atoms with van der Waals surface area (Å²) in [5, 5.41) is 13.8. The molecular weight excluding hydrogens is 234 g/mol. The number of rotatable bonds is 3. The van der Waals surface area contributed by atoms with Crippen LogP contribution in [-0.2, 0) is 0 Å². The number of hydrogen-bond donors (Lipinski definition) is 1. The molecule has 2 aliphatic heterocycles. The number of hydrogen-bond acceptors (Lipinski definition) is 6. The van der Waals surface area contributed by atoms with E-state index in [1.165, 1.54) is 31.8 Å². The van der Waals surface area contributed by atoms with Crippen LogP contribution in [0.4, 0.5) is 11.6 Å². The molecule has 2 atom stereocenters. The molecule has 1 N–H and O–H groups in total. The second kappa shape index (κ2) is 4.49. The van der Waals surface area contributed by atoms with Crippen LogP contribution in [0.25, 0.3) is 0 Å². The van der Waals surface area contributed by atoms with Gasteiger partial charge in [-0.15, -0.1) is 0 Å². The van der Waals surface area contributed by atoms with Crippen molar-refractivity contribution >= 4 is 11.6 Å². The zero-order valence-electron chi connectivity index (χ0n) is 9.95. The average Bonchev–Trinajstić information content (AvgIpc) is 2.95. The molecule has 2 unspecified atom stereocenters. The third-order valence-corrected chi connectivity index (χ3v) is 3.77. The van der Waals surface area contributed by atoms with Crippen molar-refractivity contribution in [3.63, 3.8) is 0 Å². The summed E-state index contributed by atoms with van der Waals surface area (Å²) in [7, 11) is 0. The van der Waals surface area contributed by atoms with Crippen molar-refractivity contribution in [2.24, 2.45) is 0 Å². The van der Waals surface area contributed by atoms with Crippen LogP contribution in [0.15, 0.2) is 12.4 Å². The lowest BCUT2D eigenvalue weighted by atomic mass is 10.1. The maximum Gasteiger partial charge on any atom is 0.305 e. The van der Waals surface area contributed by atoms with E-state index in [2.05, 4.69) is 20.2 Å². The van der Waals surface area contributed by atoms with Crippen LogP contribution in [-0.4, -0.2) is 45.0 Å². The molecular formula is C11H15N5O2. The van der Waals surface area contributed by atoms with Gasteiger partial charge in [-0.1, -0.05) is 0 Å². The topological polar surface area (TPSA) is 84.2 Å². The van der Waals surface area contributed by atoms with Gasteiger partial charge in [0.05, 0.1) is 4.92 Å². The first-order valence-electron chi connectivity index (χ1n) is 6.21. The van der Waals surface area contributed by atoms with Gasteiger partial charge in [-0.2, -0.15) is 0 Å². The Balaban J connectivity index is 1.67. The highest BCUT2D eigenvalue weighted by Crippen LogP contribution is 2.29. The second-order valence-corrected chi connectivity index (χ2v) is 4.81. The van der Waals surface area contributed by atoms with Gasteiger partial charge in [0.15, 0.2) is 0 Å². The lowest BCUT2D eigenvalue weighted by Gasteiger charge is -2.20. The van der Waals surface area contributed by atoms with Gasteiger partial charge in [0.25, 0.3) is 0 Å². The van der Waals surface area contributed by atoms with Crippen LogP contribution in [0, 0.1) is 10.1 Å². The molecule has 18 heavy (non-hydrogen) atoms. The van der Waals surface area contributed by atoms with E-state index >= 15 is 0 Å². The minimum absolute atomic E-state index is 0.0746. The number of nitro groups is 1. The average molecular weight is 249 g/mol. The van der Waals surface area contributed by atoms with Crippen LogP contribution in [0.3, 0.4) is 0 Å². The second-order valence-electron chi connectivity index (χ2n) is 4.81. The molecule has 0 radical (unpaired) electrons. The lowest BCUT2D eigenvalue weighted by molar-refractivity contribution is -0.385. The summed E-state index contributed by atoms with van der Waals surface area (Å²) in [6.07, 6.45) is 6.05. The van der Waals surface area contributed by atoms with Gasteiger partial charge in [-0.3, -0.25) is 15.0 Å². The molecule has 2 fully saturated rings. The first-order valence-corrected chi connectivity index (χ1v) is 6.21. The summed E-state index contributed by atoms with van der Waals surface area (Å²) in [6, 6.07) is 0.942. The zero-order chi connectivity index (χ0) is 12.5. The molecule has 0 aromatic carbocycles. The Bertz CT molecular complexity index is 449. The molecule has 0 saturated carbocycles. The highest BCUT2D eigenvalue weighted by Gasteiger charge is 2.37. The Kier molecular flexibility index (Phi) is 2.83. The predicted molar refractivity (Wildman–Crippen MR) is 65.3 cm³/mol. The third-order valence-electron chi connectivity index (χ3n) is 3.77. The standard InChI is InChI=1S/C11H15N5O2/c17-16(18)8-6-12-11(13-7-8)14-9-3-5-15-4-1-2-10(9)15/h6-7,9-10H,1-5H2,(H,12,13,14). The van der Waals surface area contributed by atoms with Crippen LogP contribution in [0.5, 0.6) is 0 Å². The fourth-order valence-corrected chi connectivity index (χ4v) is 2.91. The van der Waals surface area contributed by atoms with Crippen molar-refractivity contribution in [2.75, 3.05) is 18.4 Å². The molecule has 7 nitrogen and oxygen atoms in total. The number of anilines is 1. The van der Waals surface area contributed by atoms with E-state index in [1.54, 1.807) is 0 Å². The van der Waals surface area contributed by atoms with E-state index in [1.807, 2.05) is 0 Å². The van der Waals surface area contributed by atoms with Crippen molar-refractivity contribution < 1.29 is 4.92 Å². The SMILES string of the molecule is O=[N+]([O-])c1cnc(NC2CCN3CCCC23)nc1. The van der Waals surface area contributed by atoms with E-state index in [-0.39, 0.29) is 5.69 Å². The van der Waals surface area contributed by atoms with Gasteiger partial charge in [-0.05, 0) is 25.8 Å². The zero-order valence-corrected chi connectivity index (χ0v) is 9.95. The van der Waals surface area contributed by atoms with Gasteiger partial charge < -0.3 is 5.32 Å². The Morgan fingerprint density at radius 1 is 1.33 bits per heavy atom. The largest absolute Gasteiger partial charge is 0.350 e. The summed E-state index contributed by atoms with van der Waals surface area (Å²) < 4.78 is 0. The van der Waals surface area contributed by atoms with E-state index in [4.69, 9.17) is 0 Å². The van der Waals surface area contributed by atoms with Crippen LogP contribution < -0.4 is 5.32 Å². The maximum atomic E-state index is 10.5. The van der Waals surface area contributed by atoms with Crippen LogP contribution in [0.1, 0.15) is 19.3 Å². The summed E-state index contributed by atoms with van der Waals surface area (Å²) in [6.45, 7) is 2.30. The van der Waals surface area contributed by atoms with E-state index in [9.17, 15) is 10.1 Å². The van der Waals surface area contributed by atoms with E-state index in [0.29, 0.717) is 18.0 Å². The number of nitrogens with one attached hydrogen (secondary N) is 1. The smallest absolute Gasteiger partial charge is 0.305 e. The van der Waals surface area contributed by atoms with Crippen molar-refractivity contribution in [3.8, 4) is 0 Å². The van der Waals surface area contributed by atoms with Crippen molar-refractivity contribution in [1.82, 2.24) is 14.9 Å². The minimum Gasteiger partial charge on any atom is -0.350 e. The highest BCUT2D eigenvalue weighted by molar-refractivity contribution is 5.32. The van der Waals surface area contributed by atoms with Gasteiger partial charge in [0.2, 0.25) is 5.95 Å². The van der Waals surface area contributed by atoms with Crippen molar-refractivity contribution in [1.29, 1.82) is 0 Å². The Labute approximate surface area is 104 Å². The van der Waals surface area contributed by atoms with Gasteiger partial charge in [0.1, 0.15) is 12.4 Å². The van der Waals surface area contributed by atoms with Crippen molar-refractivity contribution in [2.45, 2.75) is 31.3 Å². The summed E-state index contributed by atoms with van der Waals surface area (Å²) in [4.78, 5) is 20.5. The van der Waals surface area contributed by atoms with Crippen LogP contribution >= 0.6 is 0 Å².